The second kappa shape index (κ2) is 7.42. The van der Waals surface area contributed by atoms with E-state index in [1.807, 2.05) is 18.7 Å². The molecule has 1 aromatic carbocycles. The van der Waals surface area contributed by atoms with Crippen LogP contribution in [0.2, 0.25) is 0 Å². The molecule has 1 aromatic rings. The lowest BCUT2D eigenvalue weighted by molar-refractivity contribution is -0.122. The number of carbonyl (C=O) groups is 1. The first-order valence-electron chi connectivity index (χ1n) is 7.54. The van der Waals surface area contributed by atoms with Crippen molar-refractivity contribution >= 4 is 11.6 Å². The maximum Gasteiger partial charge on any atom is 0.387 e. The molecule has 1 unspecified atom stereocenters. The Morgan fingerprint density at radius 3 is 2.82 bits per heavy atom. The van der Waals surface area contributed by atoms with E-state index in [9.17, 15) is 13.6 Å². The minimum absolute atomic E-state index is 0.0407. The molecule has 0 bridgehead atoms. The first kappa shape index (κ1) is 16.5. The largest absolute Gasteiger partial charge is 0.433 e. The van der Waals surface area contributed by atoms with E-state index >= 15 is 0 Å². The van der Waals surface area contributed by atoms with Crippen molar-refractivity contribution in [2.24, 2.45) is 5.92 Å². The van der Waals surface area contributed by atoms with Gasteiger partial charge in [-0.05, 0) is 24.5 Å². The van der Waals surface area contributed by atoms with Crippen LogP contribution in [0.5, 0.6) is 5.75 Å². The SMILES string of the molecule is CC(C)CC(=O)NC1CCN(c2ccccc2OC(F)F)C1. The number of rotatable bonds is 6. The normalized spacial score (nSPS) is 18.1. The summed E-state index contributed by atoms with van der Waals surface area (Å²) in [6.45, 7) is 2.46. The Morgan fingerprint density at radius 1 is 1.41 bits per heavy atom. The molecule has 1 N–H and O–H groups in total. The van der Waals surface area contributed by atoms with Gasteiger partial charge in [-0.1, -0.05) is 26.0 Å². The van der Waals surface area contributed by atoms with Gasteiger partial charge in [0.15, 0.2) is 0 Å². The number of anilines is 1. The molecule has 122 valence electrons. The van der Waals surface area contributed by atoms with Gasteiger partial charge in [0.1, 0.15) is 5.75 Å². The number of para-hydroxylation sites is 2. The van der Waals surface area contributed by atoms with Crippen LogP contribution in [0.15, 0.2) is 24.3 Å². The fourth-order valence-corrected chi connectivity index (χ4v) is 2.67. The minimum Gasteiger partial charge on any atom is -0.433 e. The van der Waals surface area contributed by atoms with Crippen LogP contribution < -0.4 is 15.0 Å². The maximum absolute atomic E-state index is 12.5. The lowest BCUT2D eigenvalue weighted by atomic mass is 10.1. The van der Waals surface area contributed by atoms with Crippen molar-refractivity contribution in [1.82, 2.24) is 5.32 Å². The Bertz CT molecular complexity index is 509. The van der Waals surface area contributed by atoms with E-state index in [4.69, 9.17) is 0 Å². The van der Waals surface area contributed by atoms with E-state index in [2.05, 4.69) is 10.1 Å². The molecule has 0 saturated carbocycles. The topological polar surface area (TPSA) is 41.6 Å². The first-order chi connectivity index (χ1) is 10.5. The quantitative estimate of drug-likeness (QED) is 0.878. The molecule has 22 heavy (non-hydrogen) atoms. The zero-order chi connectivity index (χ0) is 16.1. The molecular weight excluding hydrogens is 290 g/mol. The van der Waals surface area contributed by atoms with Gasteiger partial charge in [0.05, 0.1) is 5.69 Å². The van der Waals surface area contributed by atoms with Crippen molar-refractivity contribution in [3.05, 3.63) is 24.3 Å². The second-order valence-corrected chi connectivity index (χ2v) is 5.94. The summed E-state index contributed by atoms with van der Waals surface area (Å²) in [7, 11) is 0. The molecule has 6 heteroatoms. The number of carbonyl (C=O) groups excluding carboxylic acids is 1. The van der Waals surface area contributed by atoms with Gasteiger partial charge < -0.3 is 15.0 Å². The molecule has 1 aliphatic heterocycles. The fourth-order valence-electron chi connectivity index (χ4n) is 2.67. The third-order valence-corrected chi connectivity index (χ3v) is 3.57. The molecule has 0 radical (unpaired) electrons. The van der Waals surface area contributed by atoms with Crippen molar-refractivity contribution in [1.29, 1.82) is 0 Å². The molecule has 2 rings (SSSR count). The van der Waals surface area contributed by atoms with Gasteiger partial charge in [0, 0.05) is 25.6 Å². The molecule has 0 spiro atoms. The predicted molar refractivity (Wildman–Crippen MR) is 81.3 cm³/mol. The van der Waals surface area contributed by atoms with E-state index in [1.165, 1.54) is 6.07 Å². The van der Waals surface area contributed by atoms with Crippen LogP contribution in [0.3, 0.4) is 0 Å². The van der Waals surface area contributed by atoms with Crippen molar-refractivity contribution in [2.45, 2.75) is 39.3 Å². The van der Waals surface area contributed by atoms with Crippen LogP contribution in [-0.4, -0.2) is 31.7 Å². The van der Waals surface area contributed by atoms with E-state index in [1.54, 1.807) is 18.2 Å². The summed E-state index contributed by atoms with van der Waals surface area (Å²) in [6.07, 6.45) is 1.30. The number of hydrogen-bond donors (Lipinski definition) is 1. The summed E-state index contributed by atoms with van der Waals surface area (Å²) in [6, 6.07) is 6.80. The first-order valence-corrected chi connectivity index (χ1v) is 7.54. The molecule has 1 fully saturated rings. The predicted octanol–water partition coefficient (Wildman–Crippen LogP) is 3.03. The monoisotopic (exact) mass is 312 g/mol. The maximum atomic E-state index is 12.5. The summed E-state index contributed by atoms with van der Waals surface area (Å²) >= 11 is 0. The van der Waals surface area contributed by atoms with Gasteiger partial charge in [-0.2, -0.15) is 8.78 Å². The third kappa shape index (κ3) is 4.58. The minimum atomic E-state index is -2.84. The van der Waals surface area contributed by atoms with Gasteiger partial charge in [-0.3, -0.25) is 4.79 Å². The van der Waals surface area contributed by atoms with Gasteiger partial charge in [-0.15, -0.1) is 0 Å². The standard InChI is InChI=1S/C16H22F2N2O2/c1-11(2)9-15(21)19-12-7-8-20(10-12)13-5-3-4-6-14(13)22-16(17)18/h3-6,11-12,16H,7-10H2,1-2H3,(H,19,21). The van der Waals surface area contributed by atoms with Crippen LogP contribution in [-0.2, 0) is 4.79 Å². The smallest absolute Gasteiger partial charge is 0.387 e. The molecule has 0 aromatic heterocycles. The van der Waals surface area contributed by atoms with Crippen molar-refractivity contribution in [3.8, 4) is 5.75 Å². The molecular formula is C16H22F2N2O2. The van der Waals surface area contributed by atoms with E-state index < -0.39 is 6.61 Å². The van der Waals surface area contributed by atoms with Crippen LogP contribution in [0.1, 0.15) is 26.7 Å². The lowest BCUT2D eigenvalue weighted by Crippen LogP contribution is -2.37. The molecule has 0 aliphatic carbocycles. The van der Waals surface area contributed by atoms with E-state index in [0.29, 0.717) is 31.1 Å². The zero-order valence-electron chi connectivity index (χ0n) is 12.9. The number of hydrogen-bond acceptors (Lipinski definition) is 3. The van der Waals surface area contributed by atoms with Crippen LogP contribution in [0.25, 0.3) is 0 Å². The van der Waals surface area contributed by atoms with Crippen molar-refractivity contribution < 1.29 is 18.3 Å². The third-order valence-electron chi connectivity index (χ3n) is 3.57. The molecule has 1 atom stereocenters. The number of benzene rings is 1. The summed E-state index contributed by atoms with van der Waals surface area (Å²) < 4.78 is 29.5. The molecule has 4 nitrogen and oxygen atoms in total. The van der Waals surface area contributed by atoms with Gasteiger partial charge in [0.2, 0.25) is 5.91 Å². The van der Waals surface area contributed by atoms with Crippen molar-refractivity contribution in [3.63, 3.8) is 0 Å². The van der Waals surface area contributed by atoms with E-state index in [0.717, 1.165) is 6.42 Å². The Hall–Kier alpha value is -1.85. The number of halogens is 2. The van der Waals surface area contributed by atoms with E-state index in [-0.39, 0.29) is 17.7 Å². The Balaban J connectivity index is 1.97. The van der Waals surface area contributed by atoms with Crippen LogP contribution in [0, 0.1) is 5.92 Å². The fraction of sp³-hybridized carbons (Fsp3) is 0.562. The number of amides is 1. The molecule has 1 heterocycles. The lowest BCUT2D eigenvalue weighted by Gasteiger charge is -2.22. The van der Waals surface area contributed by atoms with Crippen molar-refractivity contribution in [2.75, 3.05) is 18.0 Å². The number of ether oxygens (including phenoxy) is 1. The highest BCUT2D eigenvalue weighted by Crippen LogP contribution is 2.31. The summed E-state index contributed by atoms with van der Waals surface area (Å²) in [4.78, 5) is 13.8. The van der Waals surface area contributed by atoms with Crippen LogP contribution >= 0.6 is 0 Å². The Labute approximate surface area is 129 Å². The average molecular weight is 312 g/mol. The Morgan fingerprint density at radius 2 is 2.14 bits per heavy atom. The zero-order valence-corrected chi connectivity index (χ0v) is 12.9. The van der Waals surface area contributed by atoms with Gasteiger partial charge >= 0.3 is 6.61 Å². The molecule has 1 amide bonds. The second-order valence-electron chi connectivity index (χ2n) is 5.94. The highest BCUT2D eigenvalue weighted by atomic mass is 19.3. The highest BCUT2D eigenvalue weighted by Gasteiger charge is 2.26. The molecule has 1 saturated heterocycles. The average Bonchev–Trinajstić information content (AvgIpc) is 2.85. The summed E-state index contributed by atoms with van der Waals surface area (Å²) in [5, 5.41) is 3.00. The summed E-state index contributed by atoms with van der Waals surface area (Å²) in [5.74, 6) is 0.531. The molecule has 1 aliphatic rings. The Kier molecular flexibility index (Phi) is 5.57. The van der Waals surface area contributed by atoms with Gasteiger partial charge in [-0.25, -0.2) is 0 Å². The van der Waals surface area contributed by atoms with Gasteiger partial charge in [0.25, 0.3) is 0 Å². The summed E-state index contributed by atoms with van der Waals surface area (Å²) in [5.41, 5.74) is 0.642. The number of nitrogens with one attached hydrogen (secondary N) is 1. The number of alkyl halides is 2. The van der Waals surface area contributed by atoms with Crippen LogP contribution in [0.4, 0.5) is 14.5 Å². The highest BCUT2D eigenvalue weighted by molar-refractivity contribution is 5.76. The number of nitrogens with zero attached hydrogens (tertiary/aromatic N) is 1.